The first kappa shape index (κ1) is 16.7. The van der Waals surface area contributed by atoms with Gasteiger partial charge in [-0.05, 0) is 43.5 Å². The van der Waals surface area contributed by atoms with Crippen LogP contribution in [0.5, 0.6) is 11.5 Å². The van der Waals surface area contributed by atoms with Crippen LogP contribution in [-0.2, 0) is 5.11 Å². The van der Waals surface area contributed by atoms with E-state index in [-0.39, 0.29) is 18.0 Å². The van der Waals surface area contributed by atoms with Crippen molar-refractivity contribution in [3.8, 4) is 11.5 Å². The van der Waals surface area contributed by atoms with E-state index in [1.165, 1.54) is 12.3 Å². The maximum atomic E-state index is 11.2. The summed E-state index contributed by atoms with van der Waals surface area (Å²) in [5, 5.41) is 15.7. The molecule has 23 heavy (non-hydrogen) atoms. The van der Waals surface area contributed by atoms with Crippen molar-refractivity contribution in [2.24, 2.45) is 0 Å². The quantitative estimate of drug-likeness (QED) is 0.784. The fraction of sp³-hybridized carbons (Fsp3) is 0.312. The van der Waals surface area contributed by atoms with Crippen LogP contribution < -0.4 is 10.1 Å². The number of aromatic nitrogens is 1. The summed E-state index contributed by atoms with van der Waals surface area (Å²) in [6, 6.07) is 6.48. The third-order valence-corrected chi connectivity index (χ3v) is 4.47. The summed E-state index contributed by atoms with van der Waals surface area (Å²) >= 11 is 18.2. The number of hydrogen-bond acceptors (Lipinski definition) is 3. The molecule has 1 aliphatic rings. The van der Waals surface area contributed by atoms with Gasteiger partial charge in [-0.2, -0.15) is 0 Å². The minimum absolute atomic E-state index is 0.0270. The number of ether oxygens (including phenoxy) is 1. The molecule has 1 N–H and O–H groups in total. The lowest BCUT2D eigenvalue weighted by Crippen LogP contribution is -2.41. The molecule has 121 valence electrons. The maximum absolute atomic E-state index is 11.2. The molecule has 2 unspecified atom stereocenters. The van der Waals surface area contributed by atoms with Gasteiger partial charge in [-0.15, -0.1) is 0 Å². The Bertz CT molecular complexity index is 671. The summed E-state index contributed by atoms with van der Waals surface area (Å²) in [6.07, 6.45) is 3.80. The zero-order chi connectivity index (χ0) is 16.4. The van der Waals surface area contributed by atoms with E-state index >= 15 is 0 Å². The third kappa shape index (κ3) is 4.01. The van der Waals surface area contributed by atoms with Crippen LogP contribution in [0.15, 0.2) is 30.5 Å². The fourth-order valence-corrected chi connectivity index (χ4v) is 3.51. The van der Waals surface area contributed by atoms with Crippen molar-refractivity contribution in [1.82, 2.24) is 10.3 Å². The van der Waals surface area contributed by atoms with E-state index in [0.717, 1.165) is 25.0 Å². The van der Waals surface area contributed by atoms with Gasteiger partial charge in [0.2, 0.25) is 0 Å². The molecular weight excluding hydrogens is 359 g/mol. The van der Waals surface area contributed by atoms with Crippen LogP contribution >= 0.6 is 34.8 Å². The highest BCUT2D eigenvalue weighted by atomic mass is 35.5. The van der Waals surface area contributed by atoms with Gasteiger partial charge < -0.3 is 4.74 Å². The highest BCUT2D eigenvalue weighted by molar-refractivity contribution is 6.40. The van der Waals surface area contributed by atoms with Crippen LogP contribution in [0.25, 0.3) is 0 Å². The molecule has 2 heterocycles. The Hall–Kier alpha value is -1.20. The Morgan fingerprint density at radius 3 is 2.52 bits per heavy atom. The molecule has 1 fully saturated rings. The molecule has 0 amide bonds. The number of rotatable bonds is 3. The predicted octanol–water partition coefficient (Wildman–Crippen LogP) is 5.41. The largest absolute Gasteiger partial charge is 0.472 e. The fourth-order valence-electron chi connectivity index (χ4n) is 2.61. The van der Waals surface area contributed by atoms with Gasteiger partial charge >= 0.3 is 0 Å². The molecule has 2 atom stereocenters. The molecule has 0 bridgehead atoms. The van der Waals surface area contributed by atoms with Gasteiger partial charge in [-0.3, -0.25) is 15.4 Å². The van der Waals surface area contributed by atoms with Crippen molar-refractivity contribution in [2.45, 2.75) is 31.5 Å². The van der Waals surface area contributed by atoms with Gasteiger partial charge in [-0.25, -0.2) is 0 Å². The van der Waals surface area contributed by atoms with E-state index in [4.69, 9.17) is 39.5 Å². The number of hydrogen-bond donors (Lipinski definition) is 1. The van der Waals surface area contributed by atoms with E-state index in [9.17, 15) is 5.11 Å². The summed E-state index contributed by atoms with van der Waals surface area (Å²) in [4.78, 5) is 4.19. The summed E-state index contributed by atoms with van der Waals surface area (Å²) in [5.41, 5.74) is 0.825. The molecule has 1 aliphatic heterocycles. The lowest BCUT2D eigenvalue weighted by molar-refractivity contribution is 0.107. The monoisotopic (exact) mass is 371 g/mol. The molecule has 2 aromatic rings. The topological polar surface area (TPSA) is 54.0 Å². The first-order chi connectivity index (χ1) is 11.0. The molecule has 0 saturated carbocycles. The van der Waals surface area contributed by atoms with E-state index in [0.29, 0.717) is 20.8 Å². The van der Waals surface area contributed by atoms with Gasteiger partial charge in [0, 0.05) is 5.02 Å². The Labute approximate surface area is 149 Å². The summed E-state index contributed by atoms with van der Waals surface area (Å²) in [6.45, 7) is 0. The molecule has 3 rings (SSSR count). The number of nitrogens with one attached hydrogen (secondary N) is 1. The number of piperidine rings is 1. The van der Waals surface area contributed by atoms with Crippen LogP contribution in [-0.4, -0.2) is 11.2 Å². The van der Waals surface area contributed by atoms with E-state index < -0.39 is 0 Å². The molecule has 0 aliphatic carbocycles. The second-order valence-corrected chi connectivity index (χ2v) is 6.62. The maximum Gasteiger partial charge on any atom is 0.196 e. The molecule has 1 saturated heterocycles. The van der Waals surface area contributed by atoms with Crippen LogP contribution in [0.2, 0.25) is 15.1 Å². The third-order valence-electron chi connectivity index (χ3n) is 3.69. The average molecular weight is 373 g/mol. The van der Waals surface area contributed by atoms with Crippen LogP contribution in [0.3, 0.4) is 0 Å². The first-order valence-corrected chi connectivity index (χ1v) is 8.36. The number of pyridine rings is 1. The predicted molar refractivity (Wildman–Crippen MR) is 90.0 cm³/mol. The van der Waals surface area contributed by atoms with E-state index in [1.807, 2.05) is 0 Å². The van der Waals surface area contributed by atoms with Gasteiger partial charge in [0.05, 0.1) is 28.0 Å². The Morgan fingerprint density at radius 1 is 1.13 bits per heavy atom. The van der Waals surface area contributed by atoms with Crippen molar-refractivity contribution in [3.05, 3.63) is 51.2 Å². The van der Waals surface area contributed by atoms with Crippen molar-refractivity contribution in [3.63, 3.8) is 0 Å². The summed E-state index contributed by atoms with van der Waals surface area (Å²) < 4.78 is 5.92. The SMILES string of the molecule is [O]c1ccc(C2CCCC(Oc3c(Cl)cc(Cl)cc3Cl)N2)nc1. The van der Waals surface area contributed by atoms with E-state index in [1.54, 1.807) is 18.2 Å². The minimum atomic E-state index is -0.237. The first-order valence-electron chi connectivity index (χ1n) is 7.23. The number of nitrogens with zero attached hydrogens (tertiary/aromatic N) is 1. The zero-order valence-corrected chi connectivity index (χ0v) is 14.3. The molecule has 1 aromatic heterocycles. The molecule has 1 radical (unpaired) electrons. The molecule has 1 aromatic carbocycles. The second kappa shape index (κ2) is 7.14. The van der Waals surface area contributed by atoms with Gasteiger partial charge in [0.25, 0.3) is 0 Å². The summed E-state index contributed by atoms with van der Waals surface area (Å²) in [7, 11) is 0. The molecule has 4 nitrogen and oxygen atoms in total. The summed E-state index contributed by atoms with van der Waals surface area (Å²) in [5.74, 6) is 0.316. The lowest BCUT2D eigenvalue weighted by Gasteiger charge is -2.31. The van der Waals surface area contributed by atoms with Crippen molar-refractivity contribution < 1.29 is 9.84 Å². The van der Waals surface area contributed by atoms with Crippen LogP contribution in [0.4, 0.5) is 0 Å². The van der Waals surface area contributed by atoms with E-state index in [2.05, 4.69) is 10.3 Å². The molecular formula is C16H14Cl3N2O2. The van der Waals surface area contributed by atoms with Crippen LogP contribution in [0.1, 0.15) is 31.0 Å². The Balaban J connectivity index is 1.73. The zero-order valence-electron chi connectivity index (χ0n) is 12.1. The van der Waals surface area contributed by atoms with Gasteiger partial charge in [0.15, 0.2) is 17.7 Å². The normalized spacial score (nSPS) is 21.2. The Kier molecular flexibility index (Phi) is 5.17. The highest BCUT2D eigenvalue weighted by Crippen LogP contribution is 2.37. The highest BCUT2D eigenvalue weighted by Gasteiger charge is 2.25. The number of halogens is 3. The standard InChI is InChI=1S/C16H14Cl3N2O2/c17-9-6-11(18)16(12(19)7-9)23-15-3-1-2-14(21-15)13-5-4-10(22)8-20-13/h4-8,14-15,21H,1-3H2. The number of benzene rings is 1. The lowest BCUT2D eigenvalue weighted by atomic mass is 10.0. The van der Waals surface area contributed by atoms with Crippen LogP contribution in [0, 0.1) is 0 Å². The van der Waals surface area contributed by atoms with Gasteiger partial charge in [-0.1, -0.05) is 34.8 Å². The Morgan fingerprint density at radius 2 is 1.87 bits per heavy atom. The second-order valence-electron chi connectivity index (χ2n) is 5.37. The van der Waals surface area contributed by atoms with Gasteiger partial charge in [0.1, 0.15) is 0 Å². The average Bonchev–Trinajstić information content (AvgIpc) is 2.52. The van der Waals surface area contributed by atoms with Crippen molar-refractivity contribution >= 4 is 34.8 Å². The smallest absolute Gasteiger partial charge is 0.196 e. The van der Waals surface area contributed by atoms with Crippen molar-refractivity contribution in [2.75, 3.05) is 0 Å². The minimum Gasteiger partial charge on any atom is -0.472 e. The molecule has 0 spiro atoms. The van der Waals surface area contributed by atoms with Crippen molar-refractivity contribution in [1.29, 1.82) is 0 Å². The molecule has 7 heteroatoms.